The number of hydrogen-bond acceptors (Lipinski definition) is 1. The molecule has 0 aliphatic carbocycles. The van der Waals surface area contributed by atoms with Crippen molar-refractivity contribution in [2.45, 2.75) is 6.42 Å². The van der Waals surface area contributed by atoms with E-state index in [-0.39, 0.29) is 5.91 Å². The number of H-pyrrole nitrogens is 1. The zero-order valence-corrected chi connectivity index (χ0v) is 11.0. The molecule has 0 unspecified atom stereocenters. The first kappa shape index (κ1) is 12.1. The number of alkyl halides is 1. The summed E-state index contributed by atoms with van der Waals surface area (Å²) < 4.78 is 0. The standard InChI is InChI=1S/C15H13ClN2O/c16-9-8-14(19)17-13-7-3-5-11-10-4-1-2-6-12(10)18-15(11)13/h1-7,18H,8-9H2,(H,17,19). The van der Waals surface area contributed by atoms with Crippen LogP contribution in [0, 0.1) is 0 Å². The van der Waals surface area contributed by atoms with E-state index in [9.17, 15) is 4.79 Å². The summed E-state index contributed by atoms with van der Waals surface area (Å²) in [6.07, 6.45) is 0.318. The van der Waals surface area contributed by atoms with Crippen LogP contribution in [0.25, 0.3) is 21.8 Å². The second-order valence-electron chi connectivity index (χ2n) is 4.39. The normalized spacial score (nSPS) is 11.0. The van der Waals surface area contributed by atoms with Gasteiger partial charge in [0.15, 0.2) is 0 Å². The second kappa shape index (κ2) is 4.94. The first-order chi connectivity index (χ1) is 9.29. The van der Waals surface area contributed by atoms with Crippen LogP contribution < -0.4 is 5.32 Å². The molecule has 0 aliphatic rings. The van der Waals surface area contributed by atoms with Gasteiger partial charge in [0.25, 0.3) is 0 Å². The largest absolute Gasteiger partial charge is 0.353 e. The first-order valence-corrected chi connectivity index (χ1v) is 6.68. The Kier molecular flexibility index (Phi) is 3.13. The van der Waals surface area contributed by atoms with Crippen molar-refractivity contribution in [3.63, 3.8) is 0 Å². The molecule has 0 aliphatic heterocycles. The molecule has 2 aromatic carbocycles. The highest BCUT2D eigenvalue weighted by Crippen LogP contribution is 2.30. The second-order valence-corrected chi connectivity index (χ2v) is 4.76. The SMILES string of the molecule is O=C(CCCl)Nc1cccc2c1[nH]c1ccccc12. The Morgan fingerprint density at radius 3 is 2.74 bits per heavy atom. The summed E-state index contributed by atoms with van der Waals surface area (Å²) in [5, 5.41) is 5.16. The van der Waals surface area contributed by atoms with Crippen molar-refractivity contribution in [3.8, 4) is 0 Å². The number of para-hydroxylation sites is 2. The molecule has 0 spiro atoms. The van der Waals surface area contributed by atoms with Gasteiger partial charge < -0.3 is 10.3 Å². The Labute approximate surface area is 115 Å². The Morgan fingerprint density at radius 1 is 1.11 bits per heavy atom. The number of aromatic nitrogens is 1. The lowest BCUT2D eigenvalue weighted by Gasteiger charge is -2.05. The minimum atomic E-state index is -0.0684. The first-order valence-electron chi connectivity index (χ1n) is 6.15. The predicted molar refractivity (Wildman–Crippen MR) is 79.8 cm³/mol. The maximum atomic E-state index is 11.7. The summed E-state index contributed by atoms with van der Waals surface area (Å²) in [5.41, 5.74) is 2.81. The van der Waals surface area contributed by atoms with Crippen molar-refractivity contribution in [3.05, 3.63) is 42.5 Å². The van der Waals surface area contributed by atoms with Crippen molar-refractivity contribution < 1.29 is 4.79 Å². The van der Waals surface area contributed by atoms with E-state index in [2.05, 4.69) is 16.4 Å². The van der Waals surface area contributed by atoms with E-state index >= 15 is 0 Å². The zero-order chi connectivity index (χ0) is 13.2. The topological polar surface area (TPSA) is 44.9 Å². The number of hydrogen-bond donors (Lipinski definition) is 2. The smallest absolute Gasteiger partial charge is 0.225 e. The van der Waals surface area contributed by atoms with Crippen LogP contribution in [0.5, 0.6) is 0 Å². The molecule has 0 fully saturated rings. The summed E-state index contributed by atoms with van der Waals surface area (Å²) in [5.74, 6) is 0.260. The molecule has 4 heteroatoms. The molecule has 0 bridgehead atoms. The molecule has 3 aromatic rings. The summed E-state index contributed by atoms with van der Waals surface area (Å²) in [4.78, 5) is 15.0. The van der Waals surface area contributed by atoms with E-state index in [4.69, 9.17) is 11.6 Å². The molecule has 0 radical (unpaired) electrons. The third kappa shape index (κ3) is 2.17. The molecule has 3 rings (SSSR count). The molecule has 1 amide bonds. The van der Waals surface area contributed by atoms with Gasteiger partial charge in [-0.2, -0.15) is 0 Å². The van der Waals surface area contributed by atoms with E-state index in [0.29, 0.717) is 12.3 Å². The molecule has 3 nitrogen and oxygen atoms in total. The maximum Gasteiger partial charge on any atom is 0.225 e. The number of carbonyl (C=O) groups excluding carboxylic acids is 1. The molecule has 0 saturated heterocycles. The number of aromatic amines is 1. The average molecular weight is 273 g/mol. The lowest BCUT2D eigenvalue weighted by molar-refractivity contribution is -0.115. The number of rotatable bonds is 3. The number of carbonyl (C=O) groups is 1. The predicted octanol–water partition coefficient (Wildman–Crippen LogP) is 3.89. The number of benzene rings is 2. The van der Waals surface area contributed by atoms with Crippen LogP contribution in [0.1, 0.15) is 6.42 Å². The van der Waals surface area contributed by atoms with E-state index in [1.165, 1.54) is 0 Å². The van der Waals surface area contributed by atoms with Gasteiger partial charge in [-0.05, 0) is 12.1 Å². The van der Waals surface area contributed by atoms with Crippen LogP contribution in [-0.2, 0) is 4.79 Å². The summed E-state index contributed by atoms with van der Waals surface area (Å²) in [6, 6.07) is 14.0. The zero-order valence-electron chi connectivity index (χ0n) is 10.2. The summed E-state index contributed by atoms with van der Waals surface area (Å²) in [7, 11) is 0. The van der Waals surface area contributed by atoms with Crippen LogP contribution in [0.2, 0.25) is 0 Å². The Balaban J connectivity index is 2.12. The highest BCUT2D eigenvalue weighted by atomic mass is 35.5. The van der Waals surface area contributed by atoms with Gasteiger partial charge in [0.1, 0.15) is 0 Å². The van der Waals surface area contributed by atoms with Crippen molar-refractivity contribution in [1.29, 1.82) is 0 Å². The van der Waals surface area contributed by atoms with Crippen LogP contribution in [0.4, 0.5) is 5.69 Å². The van der Waals surface area contributed by atoms with Gasteiger partial charge in [-0.25, -0.2) is 0 Å². The van der Waals surface area contributed by atoms with Crippen molar-refractivity contribution in [2.24, 2.45) is 0 Å². The lowest BCUT2D eigenvalue weighted by atomic mass is 10.1. The van der Waals surface area contributed by atoms with Gasteiger partial charge in [0.05, 0.1) is 11.2 Å². The molecule has 19 heavy (non-hydrogen) atoms. The molecule has 1 heterocycles. The fourth-order valence-corrected chi connectivity index (χ4v) is 2.45. The summed E-state index contributed by atoms with van der Waals surface area (Å²) in [6.45, 7) is 0. The van der Waals surface area contributed by atoms with Gasteiger partial charge in [0, 0.05) is 28.6 Å². The molecule has 0 saturated carbocycles. The maximum absolute atomic E-state index is 11.7. The minimum Gasteiger partial charge on any atom is -0.353 e. The van der Waals surface area contributed by atoms with E-state index < -0.39 is 0 Å². The number of anilines is 1. The highest BCUT2D eigenvalue weighted by Gasteiger charge is 2.09. The third-order valence-electron chi connectivity index (χ3n) is 3.14. The lowest BCUT2D eigenvalue weighted by Crippen LogP contribution is -2.11. The van der Waals surface area contributed by atoms with Gasteiger partial charge in [0.2, 0.25) is 5.91 Å². The van der Waals surface area contributed by atoms with E-state index in [1.54, 1.807) is 0 Å². The highest BCUT2D eigenvalue weighted by molar-refractivity contribution is 6.19. The molecule has 0 atom stereocenters. The molecule has 1 aromatic heterocycles. The Hall–Kier alpha value is -2.00. The quantitative estimate of drug-likeness (QED) is 0.698. The van der Waals surface area contributed by atoms with E-state index in [0.717, 1.165) is 27.5 Å². The fraction of sp³-hybridized carbons (Fsp3) is 0.133. The average Bonchev–Trinajstić information content (AvgIpc) is 2.79. The van der Waals surface area contributed by atoms with Crippen LogP contribution in [-0.4, -0.2) is 16.8 Å². The van der Waals surface area contributed by atoms with Crippen LogP contribution >= 0.6 is 11.6 Å². The molecular formula is C15H13ClN2O. The minimum absolute atomic E-state index is 0.0684. The Morgan fingerprint density at radius 2 is 1.89 bits per heavy atom. The number of nitrogens with one attached hydrogen (secondary N) is 2. The van der Waals surface area contributed by atoms with E-state index in [1.807, 2.05) is 36.4 Å². The van der Waals surface area contributed by atoms with Crippen LogP contribution in [0.3, 0.4) is 0 Å². The number of amides is 1. The molecule has 2 N–H and O–H groups in total. The van der Waals surface area contributed by atoms with Crippen molar-refractivity contribution in [2.75, 3.05) is 11.2 Å². The number of fused-ring (bicyclic) bond motifs is 3. The van der Waals surface area contributed by atoms with Gasteiger partial charge in [-0.1, -0.05) is 30.3 Å². The monoisotopic (exact) mass is 272 g/mol. The third-order valence-corrected chi connectivity index (χ3v) is 3.33. The van der Waals surface area contributed by atoms with Crippen molar-refractivity contribution >= 4 is 45.0 Å². The van der Waals surface area contributed by atoms with Crippen molar-refractivity contribution in [1.82, 2.24) is 4.98 Å². The Bertz CT molecular complexity index is 748. The van der Waals surface area contributed by atoms with Gasteiger partial charge >= 0.3 is 0 Å². The van der Waals surface area contributed by atoms with Gasteiger partial charge in [-0.3, -0.25) is 4.79 Å². The summed E-state index contributed by atoms with van der Waals surface area (Å²) >= 11 is 5.58. The fourth-order valence-electron chi connectivity index (χ4n) is 2.28. The van der Waals surface area contributed by atoms with Crippen LogP contribution in [0.15, 0.2) is 42.5 Å². The van der Waals surface area contributed by atoms with Gasteiger partial charge in [-0.15, -0.1) is 11.6 Å². The molecular weight excluding hydrogens is 260 g/mol. The number of halogens is 1. The molecule has 96 valence electrons.